The molecule has 1 aliphatic heterocycles. The van der Waals surface area contributed by atoms with E-state index in [1.165, 1.54) is 0 Å². The zero-order valence-corrected chi connectivity index (χ0v) is 11.8. The molecule has 1 saturated heterocycles. The molecule has 0 saturated carbocycles. The average Bonchev–Trinajstić information content (AvgIpc) is 3.09. The lowest BCUT2D eigenvalue weighted by molar-refractivity contribution is 0.0987. The quantitative estimate of drug-likeness (QED) is 0.900. The van der Waals surface area contributed by atoms with Crippen molar-refractivity contribution in [2.45, 2.75) is 38.8 Å². The van der Waals surface area contributed by atoms with Gasteiger partial charge >= 0.3 is 0 Å². The van der Waals surface area contributed by atoms with Gasteiger partial charge in [-0.25, -0.2) is 0 Å². The summed E-state index contributed by atoms with van der Waals surface area (Å²) in [6, 6.07) is 2.12. The Labute approximate surface area is 121 Å². The Kier molecular flexibility index (Phi) is 3.70. The minimum Gasteiger partial charge on any atom is -0.363 e. The zero-order valence-electron chi connectivity index (χ0n) is 11.8. The molecule has 3 heterocycles. The Morgan fingerprint density at radius 3 is 2.95 bits per heavy atom. The first-order valence-corrected chi connectivity index (χ1v) is 6.93. The predicted molar refractivity (Wildman–Crippen MR) is 71.1 cm³/mol. The summed E-state index contributed by atoms with van der Waals surface area (Å²) >= 11 is 0. The maximum absolute atomic E-state index is 11.0. The van der Waals surface area contributed by atoms with Gasteiger partial charge in [-0.1, -0.05) is 16.7 Å². The molecule has 8 heteroatoms. The molecule has 0 spiro atoms. The number of amides is 1. The number of rotatable bonds is 4. The molecule has 0 aliphatic carbocycles. The number of nitrogens with two attached hydrogens (primary N) is 1. The molecule has 1 aliphatic rings. The lowest BCUT2D eigenvalue weighted by atomic mass is 9.99. The molecule has 21 heavy (non-hydrogen) atoms. The van der Waals surface area contributed by atoms with Gasteiger partial charge in [-0.3, -0.25) is 9.69 Å². The standard InChI is InChI=1S/C13H17N5O3/c1-8-6-9(16-20-8)10-4-2-3-5-18(10)7-11-15-13(12(14)19)17-21-11/h6,10H,2-5,7H2,1H3,(H2,14,19). The molecule has 3 rings (SSSR count). The fraction of sp³-hybridized carbons (Fsp3) is 0.538. The van der Waals surface area contributed by atoms with Gasteiger partial charge in [-0.2, -0.15) is 4.98 Å². The van der Waals surface area contributed by atoms with Crippen LogP contribution in [0.25, 0.3) is 0 Å². The van der Waals surface area contributed by atoms with Gasteiger partial charge in [0.15, 0.2) is 0 Å². The first kappa shape index (κ1) is 13.7. The number of carbonyl (C=O) groups excluding carboxylic acids is 1. The van der Waals surface area contributed by atoms with Crippen molar-refractivity contribution in [3.05, 3.63) is 29.2 Å². The highest BCUT2D eigenvalue weighted by atomic mass is 16.5. The van der Waals surface area contributed by atoms with Crippen molar-refractivity contribution in [3.8, 4) is 0 Å². The third kappa shape index (κ3) is 2.94. The number of aryl methyl sites for hydroxylation is 1. The van der Waals surface area contributed by atoms with E-state index in [9.17, 15) is 4.79 Å². The van der Waals surface area contributed by atoms with E-state index < -0.39 is 5.91 Å². The van der Waals surface area contributed by atoms with Crippen LogP contribution in [0.3, 0.4) is 0 Å². The van der Waals surface area contributed by atoms with E-state index in [0.29, 0.717) is 12.4 Å². The minimum atomic E-state index is -0.688. The predicted octanol–water partition coefficient (Wildman–Crippen LogP) is 1.19. The number of hydrogen-bond donors (Lipinski definition) is 1. The third-order valence-corrected chi connectivity index (χ3v) is 3.63. The van der Waals surface area contributed by atoms with Crippen LogP contribution in [-0.2, 0) is 6.54 Å². The summed E-state index contributed by atoms with van der Waals surface area (Å²) in [6.07, 6.45) is 3.25. The van der Waals surface area contributed by atoms with Crippen LogP contribution in [-0.4, -0.2) is 32.6 Å². The first-order chi connectivity index (χ1) is 10.1. The van der Waals surface area contributed by atoms with E-state index in [4.69, 9.17) is 14.8 Å². The maximum Gasteiger partial charge on any atom is 0.290 e. The Morgan fingerprint density at radius 1 is 1.43 bits per heavy atom. The molecule has 1 amide bonds. The highest BCUT2D eigenvalue weighted by Crippen LogP contribution is 2.31. The summed E-state index contributed by atoms with van der Waals surface area (Å²) in [5.74, 6) is 0.406. The lowest BCUT2D eigenvalue weighted by Gasteiger charge is -2.33. The molecule has 8 nitrogen and oxygen atoms in total. The molecule has 2 aromatic heterocycles. The van der Waals surface area contributed by atoms with E-state index >= 15 is 0 Å². The second-order valence-corrected chi connectivity index (χ2v) is 5.22. The van der Waals surface area contributed by atoms with Crippen LogP contribution in [0.1, 0.15) is 53.3 Å². The second kappa shape index (κ2) is 5.65. The first-order valence-electron chi connectivity index (χ1n) is 6.93. The van der Waals surface area contributed by atoms with Crippen LogP contribution in [0.5, 0.6) is 0 Å². The van der Waals surface area contributed by atoms with Crippen LogP contribution < -0.4 is 5.73 Å². The summed E-state index contributed by atoms with van der Waals surface area (Å²) in [6.45, 7) is 3.25. The smallest absolute Gasteiger partial charge is 0.290 e. The molecule has 1 atom stereocenters. The Morgan fingerprint density at radius 2 is 2.29 bits per heavy atom. The summed E-state index contributed by atoms with van der Waals surface area (Å²) < 4.78 is 10.2. The van der Waals surface area contributed by atoms with Crippen molar-refractivity contribution in [3.63, 3.8) is 0 Å². The molecule has 1 unspecified atom stereocenters. The van der Waals surface area contributed by atoms with Gasteiger partial charge in [0.05, 0.1) is 12.6 Å². The van der Waals surface area contributed by atoms with Gasteiger partial charge in [-0.05, 0) is 26.3 Å². The number of piperidine rings is 1. The van der Waals surface area contributed by atoms with E-state index in [2.05, 4.69) is 20.2 Å². The van der Waals surface area contributed by atoms with Crippen molar-refractivity contribution in [1.29, 1.82) is 0 Å². The molecular weight excluding hydrogens is 274 g/mol. The van der Waals surface area contributed by atoms with Crippen molar-refractivity contribution < 1.29 is 13.8 Å². The fourth-order valence-corrected chi connectivity index (χ4v) is 2.65. The molecule has 0 radical (unpaired) electrons. The van der Waals surface area contributed by atoms with Gasteiger partial charge in [-0.15, -0.1) is 0 Å². The Hall–Kier alpha value is -2.22. The summed E-state index contributed by atoms with van der Waals surface area (Å²) in [5.41, 5.74) is 6.04. The summed E-state index contributed by atoms with van der Waals surface area (Å²) in [4.78, 5) is 17.2. The number of likely N-dealkylation sites (tertiary alicyclic amines) is 1. The maximum atomic E-state index is 11.0. The summed E-state index contributed by atoms with van der Waals surface area (Å²) in [7, 11) is 0. The topological polar surface area (TPSA) is 111 Å². The molecule has 1 fully saturated rings. The highest BCUT2D eigenvalue weighted by Gasteiger charge is 2.28. The Balaban J connectivity index is 1.76. The fourth-order valence-electron chi connectivity index (χ4n) is 2.65. The van der Waals surface area contributed by atoms with E-state index in [-0.39, 0.29) is 11.9 Å². The normalized spacial score (nSPS) is 19.8. The van der Waals surface area contributed by atoms with E-state index in [0.717, 1.165) is 37.3 Å². The van der Waals surface area contributed by atoms with E-state index in [1.54, 1.807) is 0 Å². The SMILES string of the molecule is Cc1cc(C2CCCCN2Cc2nc(C(N)=O)no2)no1. The van der Waals surface area contributed by atoms with Crippen LogP contribution in [0, 0.1) is 6.92 Å². The molecule has 0 bridgehead atoms. The van der Waals surface area contributed by atoms with Gasteiger partial charge in [0.2, 0.25) is 5.89 Å². The average molecular weight is 291 g/mol. The number of nitrogens with zero attached hydrogens (tertiary/aromatic N) is 4. The van der Waals surface area contributed by atoms with Gasteiger partial charge in [0, 0.05) is 6.07 Å². The molecular formula is C13H17N5O3. The lowest BCUT2D eigenvalue weighted by Crippen LogP contribution is -2.33. The van der Waals surface area contributed by atoms with Crippen LogP contribution in [0.2, 0.25) is 0 Å². The minimum absolute atomic E-state index is 0.0872. The largest absolute Gasteiger partial charge is 0.363 e. The third-order valence-electron chi connectivity index (χ3n) is 3.63. The second-order valence-electron chi connectivity index (χ2n) is 5.22. The Bertz CT molecular complexity index is 635. The van der Waals surface area contributed by atoms with Gasteiger partial charge in [0.1, 0.15) is 11.5 Å². The van der Waals surface area contributed by atoms with Gasteiger partial charge in [0.25, 0.3) is 11.7 Å². The molecule has 0 aromatic carbocycles. The van der Waals surface area contributed by atoms with Crippen LogP contribution in [0.15, 0.2) is 15.1 Å². The van der Waals surface area contributed by atoms with Crippen LogP contribution >= 0.6 is 0 Å². The molecule has 2 aromatic rings. The van der Waals surface area contributed by atoms with Gasteiger partial charge < -0.3 is 14.8 Å². The number of carbonyl (C=O) groups is 1. The number of hydrogen-bond acceptors (Lipinski definition) is 7. The van der Waals surface area contributed by atoms with Crippen molar-refractivity contribution in [2.75, 3.05) is 6.54 Å². The monoisotopic (exact) mass is 291 g/mol. The molecule has 2 N–H and O–H groups in total. The van der Waals surface area contributed by atoms with Crippen molar-refractivity contribution in [2.24, 2.45) is 5.73 Å². The van der Waals surface area contributed by atoms with Crippen molar-refractivity contribution >= 4 is 5.91 Å². The number of primary amides is 1. The number of aromatic nitrogens is 3. The van der Waals surface area contributed by atoms with Crippen LogP contribution in [0.4, 0.5) is 0 Å². The molecule has 112 valence electrons. The zero-order chi connectivity index (χ0) is 14.8. The van der Waals surface area contributed by atoms with Crippen molar-refractivity contribution in [1.82, 2.24) is 20.2 Å². The van der Waals surface area contributed by atoms with E-state index in [1.807, 2.05) is 13.0 Å². The summed E-state index contributed by atoms with van der Waals surface area (Å²) in [5, 5.41) is 7.67. The highest BCUT2D eigenvalue weighted by molar-refractivity contribution is 5.88.